The molecule has 142 valence electrons. The van der Waals surface area contributed by atoms with Gasteiger partial charge in [-0.05, 0) is 50.2 Å². The summed E-state index contributed by atoms with van der Waals surface area (Å²) in [5.41, 5.74) is 6.83. The zero-order chi connectivity index (χ0) is 18.7. The van der Waals surface area contributed by atoms with E-state index in [1.807, 2.05) is 0 Å². The lowest BCUT2D eigenvalue weighted by Gasteiger charge is -2.35. The molecule has 3 rings (SSSR count). The van der Waals surface area contributed by atoms with Gasteiger partial charge < -0.3 is 15.5 Å². The van der Waals surface area contributed by atoms with Gasteiger partial charge in [-0.15, -0.1) is 0 Å². The Labute approximate surface area is 154 Å². The van der Waals surface area contributed by atoms with Crippen LogP contribution in [-0.4, -0.2) is 48.0 Å². The Morgan fingerprint density at radius 3 is 2.62 bits per heavy atom. The van der Waals surface area contributed by atoms with Gasteiger partial charge in [-0.25, -0.2) is 0 Å². The van der Waals surface area contributed by atoms with Gasteiger partial charge >= 0.3 is 0 Å². The number of nitrogens with two attached hydrogens (primary N) is 1. The van der Waals surface area contributed by atoms with Crippen molar-refractivity contribution in [3.63, 3.8) is 0 Å². The summed E-state index contributed by atoms with van der Waals surface area (Å²) in [6.45, 7) is 4.94. The minimum Gasteiger partial charge on any atom is -0.366 e. The number of carbonyl (C=O) groups is 1. The molecule has 2 aliphatic rings. The van der Waals surface area contributed by atoms with Crippen LogP contribution in [0.5, 0.6) is 0 Å². The molecule has 0 saturated carbocycles. The average Bonchev–Trinajstić information content (AvgIpc) is 2.67. The number of amides is 1. The maximum Gasteiger partial charge on any atom is 0.293 e. The smallest absolute Gasteiger partial charge is 0.293 e. The highest BCUT2D eigenvalue weighted by atomic mass is 16.6. The monoisotopic (exact) mass is 360 g/mol. The minimum atomic E-state index is -0.374. The summed E-state index contributed by atoms with van der Waals surface area (Å²) >= 11 is 0. The van der Waals surface area contributed by atoms with Crippen LogP contribution in [0.15, 0.2) is 18.2 Å². The Balaban J connectivity index is 1.86. The fraction of sp³-hybridized carbons (Fsp3) is 0.632. The molecule has 1 aromatic carbocycles. The molecule has 2 fully saturated rings. The van der Waals surface area contributed by atoms with Gasteiger partial charge in [-0.3, -0.25) is 14.9 Å². The number of carbonyl (C=O) groups excluding carboxylic acids is 1. The van der Waals surface area contributed by atoms with Crippen molar-refractivity contribution in [3.8, 4) is 0 Å². The molecular weight excluding hydrogens is 332 g/mol. The van der Waals surface area contributed by atoms with Crippen LogP contribution in [0.4, 0.5) is 11.4 Å². The number of anilines is 1. The fourth-order valence-electron chi connectivity index (χ4n) is 4.00. The molecule has 1 atom stereocenters. The summed E-state index contributed by atoms with van der Waals surface area (Å²) in [6.07, 6.45) is 4.98. The highest BCUT2D eigenvalue weighted by molar-refractivity contribution is 5.96. The Morgan fingerprint density at radius 1 is 1.23 bits per heavy atom. The number of hydrogen-bond acceptors (Lipinski definition) is 5. The van der Waals surface area contributed by atoms with Crippen LogP contribution >= 0.6 is 0 Å². The van der Waals surface area contributed by atoms with Crippen molar-refractivity contribution in [2.45, 2.75) is 45.1 Å². The lowest BCUT2D eigenvalue weighted by atomic mass is 9.98. The molecule has 0 bridgehead atoms. The van der Waals surface area contributed by atoms with E-state index in [1.165, 1.54) is 6.07 Å². The van der Waals surface area contributed by atoms with Gasteiger partial charge in [-0.2, -0.15) is 0 Å². The molecule has 7 heteroatoms. The van der Waals surface area contributed by atoms with E-state index >= 15 is 0 Å². The van der Waals surface area contributed by atoms with Crippen molar-refractivity contribution in [2.24, 2.45) is 11.7 Å². The molecule has 1 aromatic rings. The number of nitro benzene ring substituents is 1. The van der Waals surface area contributed by atoms with Crippen molar-refractivity contribution >= 4 is 17.3 Å². The van der Waals surface area contributed by atoms with E-state index in [9.17, 15) is 14.9 Å². The third kappa shape index (κ3) is 3.82. The molecule has 2 aliphatic heterocycles. The quantitative estimate of drug-likeness (QED) is 0.658. The Morgan fingerprint density at radius 2 is 1.96 bits per heavy atom. The second-order valence-electron chi connectivity index (χ2n) is 7.51. The third-order valence-electron chi connectivity index (χ3n) is 5.70. The summed E-state index contributed by atoms with van der Waals surface area (Å²) in [5, 5.41) is 11.6. The van der Waals surface area contributed by atoms with Crippen LogP contribution in [-0.2, 0) is 0 Å². The first kappa shape index (κ1) is 18.6. The SMILES string of the molecule is CC1CCN(c2ccc(C(=O)N3CCCCC3CN)cc2[N+](=O)[O-])CC1. The molecule has 7 nitrogen and oxygen atoms in total. The number of nitro groups is 1. The van der Waals surface area contributed by atoms with Gasteiger partial charge in [0.2, 0.25) is 0 Å². The van der Waals surface area contributed by atoms with Gasteiger partial charge in [0.25, 0.3) is 11.6 Å². The van der Waals surface area contributed by atoms with Gasteiger partial charge in [0.15, 0.2) is 0 Å². The molecule has 1 unspecified atom stereocenters. The molecule has 1 amide bonds. The Kier molecular flexibility index (Phi) is 5.76. The molecule has 0 aliphatic carbocycles. The second-order valence-corrected chi connectivity index (χ2v) is 7.51. The number of benzene rings is 1. The predicted molar refractivity (Wildman–Crippen MR) is 101 cm³/mol. The lowest BCUT2D eigenvalue weighted by Crippen LogP contribution is -2.47. The largest absolute Gasteiger partial charge is 0.366 e. The van der Waals surface area contributed by atoms with Crippen LogP contribution in [0.3, 0.4) is 0 Å². The summed E-state index contributed by atoms with van der Waals surface area (Å²) in [6, 6.07) is 4.93. The normalized spacial score (nSPS) is 21.7. The summed E-state index contributed by atoms with van der Waals surface area (Å²) in [7, 11) is 0. The lowest BCUT2D eigenvalue weighted by molar-refractivity contribution is -0.384. The Bertz CT molecular complexity index is 671. The molecule has 26 heavy (non-hydrogen) atoms. The van der Waals surface area contributed by atoms with Gasteiger partial charge in [0.05, 0.1) is 4.92 Å². The van der Waals surface area contributed by atoms with E-state index in [0.717, 1.165) is 45.2 Å². The topological polar surface area (TPSA) is 92.7 Å². The predicted octanol–water partition coefficient (Wildman–Crippen LogP) is 2.78. The maximum absolute atomic E-state index is 12.9. The molecular formula is C19H28N4O3. The Hall–Kier alpha value is -2.15. The molecule has 0 aromatic heterocycles. The minimum absolute atomic E-state index is 0.0201. The number of nitrogens with zero attached hydrogens (tertiary/aromatic N) is 3. The van der Waals surface area contributed by atoms with Gasteiger partial charge in [0, 0.05) is 43.9 Å². The summed E-state index contributed by atoms with van der Waals surface area (Å²) in [4.78, 5) is 28.0. The molecule has 0 spiro atoms. The first-order valence-corrected chi connectivity index (χ1v) is 9.55. The first-order chi connectivity index (χ1) is 12.5. The van der Waals surface area contributed by atoms with Crippen LogP contribution in [0.25, 0.3) is 0 Å². The zero-order valence-corrected chi connectivity index (χ0v) is 15.4. The van der Waals surface area contributed by atoms with Gasteiger partial charge in [0.1, 0.15) is 5.69 Å². The van der Waals surface area contributed by atoms with E-state index in [2.05, 4.69) is 11.8 Å². The first-order valence-electron chi connectivity index (χ1n) is 9.55. The number of rotatable bonds is 4. The van der Waals surface area contributed by atoms with E-state index in [-0.39, 0.29) is 22.6 Å². The summed E-state index contributed by atoms with van der Waals surface area (Å²) in [5.74, 6) is 0.500. The third-order valence-corrected chi connectivity index (χ3v) is 5.70. The molecule has 2 N–H and O–H groups in total. The second kappa shape index (κ2) is 8.03. The fourth-order valence-corrected chi connectivity index (χ4v) is 4.00. The van der Waals surface area contributed by atoms with Crippen molar-refractivity contribution < 1.29 is 9.72 Å². The van der Waals surface area contributed by atoms with Crippen molar-refractivity contribution in [1.29, 1.82) is 0 Å². The van der Waals surface area contributed by atoms with E-state index in [4.69, 9.17) is 5.73 Å². The van der Waals surface area contributed by atoms with E-state index < -0.39 is 0 Å². The molecule has 2 saturated heterocycles. The van der Waals surface area contributed by atoms with Crippen molar-refractivity contribution in [3.05, 3.63) is 33.9 Å². The highest BCUT2D eigenvalue weighted by Gasteiger charge is 2.29. The van der Waals surface area contributed by atoms with Crippen molar-refractivity contribution in [1.82, 2.24) is 4.90 Å². The van der Waals surface area contributed by atoms with Crippen LogP contribution in [0.2, 0.25) is 0 Å². The highest BCUT2D eigenvalue weighted by Crippen LogP contribution is 2.33. The van der Waals surface area contributed by atoms with E-state index in [1.54, 1.807) is 17.0 Å². The van der Waals surface area contributed by atoms with Crippen LogP contribution < -0.4 is 10.6 Å². The van der Waals surface area contributed by atoms with E-state index in [0.29, 0.717) is 30.3 Å². The maximum atomic E-state index is 12.9. The number of hydrogen-bond donors (Lipinski definition) is 1. The van der Waals surface area contributed by atoms with Crippen LogP contribution in [0, 0.1) is 16.0 Å². The standard InChI is InChI=1S/C19H28N4O3/c1-14-7-10-21(11-8-14)17-6-5-15(12-18(17)23(25)26)19(24)22-9-3-2-4-16(22)13-20/h5-6,12,14,16H,2-4,7-11,13,20H2,1H3. The zero-order valence-electron chi connectivity index (χ0n) is 15.4. The summed E-state index contributed by atoms with van der Waals surface area (Å²) < 4.78 is 0. The van der Waals surface area contributed by atoms with Crippen LogP contribution in [0.1, 0.15) is 49.4 Å². The van der Waals surface area contributed by atoms with Gasteiger partial charge in [-0.1, -0.05) is 6.92 Å². The number of piperidine rings is 2. The number of likely N-dealkylation sites (tertiary alicyclic amines) is 1. The molecule has 2 heterocycles. The molecule has 0 radical (unpaired) electrons. The average molecular weight is 360 g/mol. The van der Waals surface area contributed by atoms with Crippen molar-refractivity contribution in [2.75, 3.05) is 31.1 Å².